The fraction of sp³-hybridized carbons (Fsp3) is 0.733. The monoisotopic (exact) mass is 294 g/mol. The quantitative estimate of drug-likeness (QED) is 0.626. The molecule has 20 heavy (non-hydrogen) atoms. The summed E-state index contributed by atoms with van der Waals surface area (Å²) in [5.74, 6) is 1.05. The maximum absolute atomic E-state index is 7.66. The van der Waals surface area contributed by atoms with Crippen molar-refractivity contribution in [3.63, 3.8) is 0 Å². The molecule has 1 aliphatic heterocycles. The number of piperidine rings is 1. The van der Waals surface area contributed by atoms with E-state index in [9.17, 15) is 0 Å². The number of nitrogens with zero attached hydrogens (tertiary/aromatic N) is 2. The predicted molar refractivity (Wildman–Crippen MR) is 85.7 cm³/mol. The number of amidine groups is 1. The molecule has 5 heteroatoms. The fourth-order valence-corrected chi connectivity index (χ4v) is 3.62. The van der Waals surface area contributed by atoms with E-state index in [0.29, 0.717) is 0 Å². The van der Waals surface area contributed by atoms with Crippen LogP contribution in [0.3, 0.4) is 0 Å². The van der Waals surface area contributed by atoms with E-state index in [1.54, 1.807) is 11.3 Å². The lowest BCUT2D eigenvalue weighted by Crippen LogP contribution is -2.34. The Morgan fingerprint density at radius 1 is 1.40 bits per heavy atom. The van der Waals surface area contributed by atoms with Gasteiger partial charge in [-0.25, -0.2) is 4.98 Å². The Balaban J connectivity index is 1.92. The number of nitrogens with two attached hydrogens (primary N) is 1. The van der Waals surface area contributed by atoms with Gasteiger partial charge in [0.1, 0.15) is 5.84 Å². The largest absolute Gasteiger partial charge is 0.383 e. The standard InChI is InChI=1S/C15H26N4S/c1-3-4-12-14(15(16)17)20-13(18-12)7-10-19-8-5-11(2)6-9-19/h11H,3-10H2,1-2H3,(H3,16,17). The first-order valence-corrected chi connectivity index (χ1v) is 8.47. The van der Waals surface area contributed by atoms with E-state index in [0.717, 1.165) is 47.3 Å². The molecule has 0 spiro atoms. The van der Waals surface area contributed by atoms with Crippen LogP contribution in [0.4, 0.5) is 0 Å². The van der Waals surface area contributed by atoms with Crippen LogP contribution in [0.2, 0.25) is 0 Å². The Morgan fingerprint density at radius 2 is 2.10 bits per heavy atom. The van der Waals surface area contributed by atoms with Gasteiger partial charge in [0.05, 0.1) is 15.6 Å². The van der Waals surface area contributed by atoms with Gasteiger partial charge in [0.15, 0.2) is 0 Å². The number of hydrogen-bond donors (Lipinski definition) is 2. The number of rotatable bonds is 6. The van der Waals surface area contributed by atoms with Crippen molar-refractivity contribution in [1.82, 2.24) is 9.88 Å². The molecule has 4 nitrogen and oxygen atoms in total. The number of hydrogen-bond acceptors (Lipinski definition) is 4. The van der Waals surface area contributed by atoms with E-state index < -0.39 is 0 Å². The summed E-state index contributed by atoms with van der Waals surface area (Å²) in [6.07, 6.45) is 5.60. The minimum absolute atomic E-state index is 0.170. The zero-order chi connectivity index (χ0) is 14.5. The predicted octanol–water partition coefficient (Wildman–Crippen LogP) is 2.65. The van der Waals surface area contributed by atoms with Crippen LogP contribution in [0.15, 0.2) is 0 Å². The Kier molecular flexibility index (Phi) is 5.54. The van der Waals surface area contributed by atoms with Crippen molar-refractivity contribution in [2.24, 2.45) is 11.7 Å². The topological polar surface area (TPSA) is 66.0 Å². The number of nitrogens with one attached hydrogen (secondary N) is 1. The highest BCUT2D eigenvalue weighted by Gasteiger charge is 2.17. The highest BCUT2D eigenvalue weighted by molar-refractivity contribution is 7.13. The Hall–Kier alpha value is -0.940. The van der Waals surface area contributed by atoms with Gasteiger partial charge in [-0.2, -0.15) is 0 Å². The van der Waals surface area contributed by atoms with Gasteiger partial charge in [-0.1, -0.05) is 20.3 Å². The summed E-state index contributed by atoms with van der Waals surface area (Å²) in [6, 6.07) is 0. The molecule has 0 aliphatic carbocycles. The summed E-state index contributed by atoms with van der Waals surface area (Å²) in [7, 11) is 0. The molecular formula is C15H26N4S. The molecule has 1 aromatic heterocycles. The first-order chi connectivity index (χ1) is 9.60. The van der Waals surface area contributed by atoms with E-state index in [1.165, 1.54) is 25.9 Å². The summed E-state index contributed by atoms with van der Waals surface area (Å²) >= 11 is 1.61. The summed E-state index contributed by atoms with van der Waals surface area (Å²) in [5, 5.41) is 8.79. The maximum Gasteiger partial charge on any atom is 0.135 e. The molecule has 1 saturated heterocycles. The van der Waals surface area contributed by atoms with E-state index in [1.807, 2.05) is 0 Å². The van der Waals surface area contributed by atoms with Crippen molar-refractivity contribution >= 4 is 17.2 Å². The van der Waals surface area contributed by atoms with Crippen molar-refractivity contribution in [2.45, 2.75) is 46.0 Å². The molecule has 0 saturated carbocycles. The summed E-state index contributed by atoms with van der Waals surface area (Å²) in [4.78, 5) is 8.11. The molecule has 1 aliphatic rings. The molecule has 112 valence electrons. The van der Waals surface area contributed by atoms with Crippen molar-refractivity contribution < 1.29 is 0 Å². The van der Waals surface area contributed by atoms with Crippen molar-refractivity contribution in [3.05, 3.63) is 15.6 Å². The third kappa shape index (κ3) is 4.03. The maximum atomic E-state index is 7.66. The number of thiazole rings is 1. The molecule has 0 aromatic carbocycles. The molecule has 1 aromatic rings. The molecule has 2 heterocycles. The second-order valence-electron chi connectivity index (χ2n) is 5.82. The van der Waals surface area contributed by atoms with Gasteiger partial charge in [-0.3, -0.25) is 5.41 Å². The highest BCUT2D eigenvalue weighted by atomic mass is 32.1. The lowest BCUT2D eigenvalue weighted by atomic mass is 9.99. The first-order valence-electron chi connectivity index (χ1n) is 7.65. The Bertz CT molecular complexity index is 447. The third-order valence-electron chi connectivity index (χ3n) is 3.99. The molecule has 0 bridgehead atoms. The van der Waals surface area contributed by atoms with Gasteiger partial charge in [-0.05, 0) is 38.3 Å². The molecule has 2 rings (SSSR count). The Morgan fingerprint density at radius 3 is 2.70 bits per heavy atom. The SMILES string of the molecule is CCCc1nc(CCN2CCC(C)CC2)sc1C(=N)N. The minimum atomic E-state index is 0.170. The van der Waals surface area contributed by atoms with Crippen LogP contribution in [-0.4, -0.2) is 35.4 Å². The van der Waals surface area contributed by atoms with Crippen molar-refractivity contribution in [1.29, 1.82) is 5.41 Å². The lowest BCUT2D eigenvalue weighted by molar-refractivity contribution is 0.194. The van der Waals surface area contributed by atoms with Crippen LogP contribution in [-0.2, 0) is 12.8 Å². The van der Waals surface area contributed by atoms with E-state index in [2.05, 4.69) is 18.7 Å². The lowest BCUT2D eigenvalue weighted by Gasteiger charge is -2.29. The van der Waals surface area contributed by atoms with Crippen LogP contribution in [0, 0.1) is 11.3 Å². The molecule has 0 radical (unpaired) electrons. The number of likely N-dealkylation sites (tertiary alicyclic amines) is 1. The van der Waals surface area contributed by atoms with Gasteiger partial charge in [0.25, 0.3) is 0 Å². The van der Waals surface area contributed by atoms with Gasteiger partial charge >= 0.3 is 0 Å². The average molecular weight is 294 g/mol. The van der Waals surface area contributed by atoms with Crippen LogP contribution in [0.25, 0.3) is 0 Å². The van der Waals surface area contributed by atoms with Gasteiger partial charge in [0.2, 0.25) is 0 Å². The van der Waals surface area contributed by atoms with E-state index in [-0.39, 0.29) is 5.84 Å². The second kappa shape index (κ2) is 7.18. The smallest absolute Gasteiger partial charge is 0.135 e. The van der Waals surface area contributed by atoms with Crippen LogP contribution >= 0.6 is 11.3 Å². The van der Waals surface area contributed by atoms with Crippen LogP contribution in [0.5, 0.6) is 0 Å². The molecule has 0 amide bonds. The van der Waals surface area contributed by atoms with E-state index >= 15 is 0 Å². The summed E-state index contributed by atoms with van der Waals surface area (Å²) in [5.41, 5.74) is 6.68. The zero-order valence-electron chi connectivity index (χ0n) is 12.6. The van der Waals surface area contributed by atoms with Crippen molar-refractivity contribution in [3.8, 4) is 0 Å². The third-order valence-corrected chi connectivity index (χ3v) is 5.18. The summed E-state index contributed by atoms with van der Waals surface area (Å²) < 4.78 is 0. The van der Waals surface area contributed by atoms with Crippen LogP contribution < -0.4 is 5.73 Å². The van der Waals surface area contributed by atoms with E-state index in [4.69, 9.17) is 16.1 Å². The molecular weight excluding hydrogens is 268 g/mol. The second-order valence-corrected chi connectivity index (χ2v) is 6.90. The highest BCUT2D eigenvalue weighted by Crippen LogP contribution is 2.21. The average Bonchev–Trinajstić information content (AvgIpc) is 2.82. The number of aryl methyl sites for hydroxylation is 1. The molecule has 3 N–H and O–H groups in total. The number of nitrogen functional groups attached to an aromatic ring is 1. The van der Waals surface area contributed by atoms with Crippen LogP contribution in [0.1, 0.15) is 48.7 Å². The summed E-state index contributed by atoms with van der Waals surface area (Å²) in [6.45, 7) is 8.00. The zero-order valence-corrected chi connectivity index (χ0v) is 13.4. The normalized spacial score (nSPS) is 17.5. The van der Waals surface area contributed by atoms with Gasteiger partial charge < -0.3 is 10.6 Å². The Labute approximate surface area is 125 Å². The van der Waals surface area contributed by atoms with Gasteiger partial charge in [0, 0.05) is 13.0 Å². The van der Waals surface area contributed by atoms with Crippen molar-refractivity contribution in [2.75, 3.05) is 19.6 Å². The fourth-order valence-electron chi connectivity index (χ4n) is 2.66. The molecule has 1 fully saturated rings. The minimum Gasteiger partial charge on any atom is -0.383 e. The van der Waals surface area contributed by atoms with Gasteiger partial charge in [-0.15, -0.1) is 11.3 Å². The number of aromatic nitrogens is 1. The molecule has 0 unspecified atom stereocenters. The molecule has 0 atom stereocenters. The first kappa shape index (κ1) is 15.4.